The summed E-state index contributed by atoms with van der Waals surface area (Å²) in [6.07, 6.45) is 4.07. The van der Waals surface area contributed by atoms with E-state index in [1.54, 1.807) is 28.4 Å². The summed E-state index contributed by atoms with van der Waals surface area (Å²) < 4.78 is 22.1. The maximum absolute atomic E-state index is 5.89. The van der Waals surface area contributed by atoms with Crippen LogP contribution in [0, 0.1) is 0 Å². The van der Waals surface area contributed by atoms with Crippen LogP contribution >= 0.6 is 24.0 Å². The molecule has 7 nitrogen and oxygen atoms in total. The Hall–Kier alpha value is -1.42. The molecule has 3 atom stereocenters. The molecule has 2 bridgehead atoms. The molecule has 3 rings (SSSR count). The molecule has 0 spiro atoms. The lowest BCUT2D eigenvalue weighted by Gasteiger charge is -2.23. The summed E-state index contributed by atoms with van der Waals surface area (Å²) in [6, 6.07) is 4.08. The first-order valence-electron chi connectivity index (χ1n) is 8.60. The second-order valence-corrected chi connectivity index (χ2v) is 6.31. The molecular weight excluding hydrogens is 449 g/mol. The Morgan fingerprint density at radius 1 is 1.12 bits per heavy atom. The van der Waals surface area contributed by atoms with E-state index < -0.39 is 0 Å². The van der Waals surface area contributed by atoms with Gasteiger partial charge in [-0.3, -0.25) is 4.99 Å². The normalized spacial score (nSPS) is 24.0. The Morgan fingerprint density at radius 3 is 2.35 bits per heavy atom. The summed E-state index contributed by atoms with van der Waals surface area (Å²) in [6.45, 7) is 0.560. The monoisotopic (exact) mass is 477 g/mol. The number of rotatable bonds is 6. The number of methoxy groups -OCH3 is 3. The van der Waals surface area contributed by atoms with Gasteiger partial charge in [0.15, 0.2) is 17.5 Å². The van der Waals surface area contributed by atoms with Crippen LogP contribution in [0.5, 0.6) is 17.2 Å². The first-order chi connectivity index (χ1) is 12.2. The van der Waals surface area contributed by atoms with Crippen molar-refractivity contribution in [2.45, 2.75) is 44.1 Å². The predicted octanol–water partition coefficient (Wildman–Crippen LogP) is 2.32. The fraction of sp³-hybridized carbons (Fsp3) is 0.611. The van der Waals surface area contributed by atoms with Gasteiger partial charge in [0.25, 0.3) is 0 Å². The minimum Gasteiger partial charge on any atom is -0.496 e. The van der Waals surface area contributed by atoms with Gasteiger partial charge in [-0.05, 0) is 25.3 Å². The minimum absolute atomic E-state index is 0. The van der Waals surface area contributed by atoms with E-state index in [2.05, 4.69) is 15.6 Å². The van der Waals surface area contributed by atoms with Crippen molar-refractivity contribution in [3.05, 3.63) is 17.7 Å². The average molecular weight is 477 g/mol. The molecule has 2 aliphatic rings. The van der Waals surface area contributed by atoms with E-state index in [1.807, 2.05) is 12.1 Å². The Bertz CT molecular complexity index is 641. The molecule has 2 N–H and O–H groups in total. The van der Waals surface area contributed by atoms with Gasteiger partial charge in [0, 0.05) is 25.2 Å². The van der Waals surface area contributed by atoms with Gasteiger partial charge in [0.1, 0.15) is 5.75 Å². The zero-order valence-corrected chi connectivity index (χ0v) is 18.0. The molecular formula is C18H28IN3O4. The van der Waals surface area contributed by atoms with Crippen molar-refractivity contribution in [2.75, 3.05) is 28.4 Å². The molecule has 26 heavy (non-hydrogen) atoms. The fourth-order valence-electron chi connectivity index (χ4n) is 3.57. The van der Waals surface area contributed by atoms with E-state index in [4.69, 9.17) is 18.9 Å². The molecule has 0 aromatic heterocycles. The summed E-state index contributed by atoms with van der Waals surface area (Å²) in [5.41, 5.74) is 0.965. The van der Waals surface area contributed by atoms with Crippen LogP contribution in [-0.2, 0) is 11.3 Å². The molecule has 2 fully saturated rings. The van der Waals surface area contributed by atoms with Crippen LogP contribution in [0.1, 0.15) is 24.8 Å². The van der Waals surface area contributed by atoms with Crippen LogP contribution in [0.3, 0.4) is 0 Å². The number of hydrogen-bond donors (Lipinski definition) is 2. The van der Waals surface area contributed by atoms with Gasteiger partial charge in [0.2, 0.25) is 0 Å². The van der Waals surface area contributed by atoms with Crippen molar-refractivity contribution in [3.63, 3.8) is 0 Å². The predicted molar refractivity (Wildman–Crippen MR) is 111 cm³/mol. The Labute approximate surface area is 171 Å². The molecule has 0 aliphatic carbocycles. The van der Waals surface area contributed by atoms with E-state index >= 15 is 0 Å². The maximum Gasteiger partial charge on any atom is 0.191 e. The van der Waals surface area contributed by atoms with Crippen molar-refractivity contribution in [1.82, 2.24) is 10.6 Å². The van der Waals surface area contributed by atoms with Gasteiger partial charge >= 0.3 is 0 Å². The van der Waals surface area contributed by atoms with Gasteiger partial charge < -0.3 is 29.6 Å². The lowest BCUT2D eigenvalue weighted by molar-refractivity contribution is 0.0992. The topological polar surface area (TPSA) is 73.3 Å². The van der Waals surface area contributed by atoms with Crippen LogP contribution < -0.4 is 24.8 Å². The van der Waals surface area contributed by atoms with Gasteiger partial charge in [-0.25, -0.2) is 0 Å². The fourth-order valence-corrected chi connectivity index (χ4v) is 3.57. The molecule has 2 heterocycles. The SMILES string of the molecule is CN=C(NCc1cc(OC)c(OC)cc1OC)NC1CC2CCC1O2.I. The summed E-state index contributed by atoms with van der Waals surface area (Å²) in [5, 5.41) is 6.82. The Balaban J connectivity index is 0.00000243. The molecule has 1 aromatic carbocycles. The highest BCUT2D eigenvalue weighted by atomic mass is 127. The van der Waals surface area contributed by atoms with Crippen LogP contribution in [-0.4, -0.2) is 52.6 Å². The largest absolute Gasteiger partial charge is 0.496 e. The summed E-state index contributed by atoms with van der Waals surface area (Å²) >= 11 is 0. The molecule has 0 amide bonds. The van der Waals surface area contributed by atoms with E-state index in [-0.39, 0.29) is 24.0 Å². The number of benzene rings is 1. The Morgan fingerprint density at radius 2 is 1.81 bits per heavy atom. The lowest BCUT2D eigenvalue weighted by atomic mass is 9.96. The lowest BCUT2D eigenvalue weighted by Crippen LogP contribution is -2.47. The van der Waals surface area contributed by atoms with Gasteiger partial charge in [-0.1, -0.05) is 0 Å². The highest BCUT2D eigenvalue weighted by Gasteiger charge is 2.41. The third-order valence-corrected chi connectivity index (χ3v) is 4.88. The van der Waals surface area contributed by atoms with Crippen molar-refractivity contribution in [1.29, 1.82) is 0 Å². The number of nitrogens with one attached hydrogen (secondary N) is 2. The number of hydrogen-bond acceptors (Lipinski definition) is 5. The number of fused-ring (bicyclic) bond motifs is 2. The van der Waals surface area contributed by atoms with Gasteiger partial charge in [-0.15, -0.1) is 24.0 Å². The van der Waals surface area contributed by atoms with E-state index in [0.29, 0.717) is 36.3 Å². The molecule has 146 valence electrons. The summed E-state index contributed by atoms with van der Waals surface area (Å²) in [4.78, 5) is 4.32. The molecule has 2 saturated heterocycles. The second kappa shape index (κ2) is 9.50. The van der Waals surface area contributed by atoms with Crippen molar-refractivity contribution in [3.8, 4) is 17.2 Å². The van der Waals surface area contributed by atoms with Crippen molar-refractivity contribution >= 4 is 29.9 Å². The number of halogens is 1. The van der Waals surface area contributed by atoms with Gasteiger partial charge in [0.05, 0.1) is 39.6 Å². The molecule has 0 radical (unpaired) electrons. The van der Waals surface area contributed by atoms with Crippen molar-refractivity contribution < 1.29 is 18.9 Å². The van der Waals surface area contributed by atoms with E-state index in [0.717, 1.165) is 30.1 Å². The van der Waals surface area contributed by atoms with Gasteiger partial charge in [-0.2, -0.15) is 0 Å². The summed E-state index contributed by atoms with van der Waals surface area (Å²) in [5.74, 6) is 2.82. The summed E-state index contributed by atoms with van der Waals surface area (Å²) in [7, 11) is 6.65. The zero-order chi connectivity index (χ0) is 17.8. The standard InChI is InChI=1S/C18H27N3O4.HI/c1-19-18(21-13-8-12-5-6-14(13)25-12)20-10-11-7-16(23-3)17(24-4)9-15(11)22-2;/h7,9,12-14H,5-6,8,10H2,1-4H3,(H2,19,20,21);1H. The minimum atomic E-state index is 0. The number of guanidine groups is 1. The molecule has 2 aliphatic heterocycles. The highest BCUT2D eigenvalue weighted by Crippen LogP contribution is 2.35. The van der Waals surface area contributed by atoms with E-state index in [1.165, 1.54) is 6.42 Å². The Kier molecular flexibility index (Phi) is 7.63. The third kappa shape index (κ3) is 4.46. The quantitative estimate of drug-likeness (QED) is 0.372. The number of ether oxygens (including phenoxy) is 4. The highest BCUT2D eigenvalue weighted by molar-refractivity contribution is 14.0. The number of nitrogens with zero attached hydrogens (tertiary/aromatic N) is 1. The van der Waals surface area contributed by atoms with Crippen LogP contribution in [0.4, 0.5) is 0 Å². The number of aliphatic imine (C=N–C) groups is 1. The second-order valence-electron chi connectivity index (χ2n) is 6.31. The average Bonchev–Trinajstić information content (AvgIpc) is 3.27. The first kappa shape index (κ1) is 20.9. The molecule has 3 unspecified atom stereocenters. The van der Waals surface area contributed by atoms with Crippen molar-refractivity contribution in [2.24, 2.45) is 4.99 Å². The zero-order valence-electron chi connectivity index (χ0n) is 15.7. The molecule has 1 aromatic rings. The van der Waals surface area contributed by atoms with E-state index in [9.17, 15) is 0 Å². The first-order valence-corrected chi connectivity index (χ1v) is 8.60. The molecule has 8 heteroatoms. The smallest absolute Gasteiger partial charge is 0.191 e. The van der Waals surface area contributed by atoms with Crippen LogP contribution in [0.15, 0.2) is 17.1 Å². The van der Waals surface area contributed by atoms with Crippen LogP contribution in [0.2, 0.25) is 0 Å². The molecule has 0 saturated carbocycles. The third-order valence-electron chi connectivity index (χ3n) is 4.88. The van der Waals surface area contributed by atoms with Crippen LogP contribution in [0.25, 0.3) is 0 Å². The maximum atomic E-state index is 5.89.